The number of benzene rings is 1. The van der Waals surface area contributed by atoms with E-state index in [1.807, 2.05) is 0 Å². The molecule has 2 fully saturated rings. The summed E-state index contributed by atoms with van der Waals surface area (Å²) in [6, 6.07) is 7.08. The summed E-state index contributed by atoms with van der Waals surface area (Å²) in [6.07, 6.45) is 17.7. The van der Waals surface area contributed by atoms with Gasteiger partial charge in [-0.1, -0.05) is 44.4 Å². The Kier molecular flexibility index (Phi) is 7.00. The number of aryl methyl sites for hydroxylation is 3. The molecular weight excluding hydrogens is 332 g/mol. The van der Waals surface area contributed by atoms with Crippen molar-refractivity contribution in [3.63, 3.8) is 0 Å². The summed E-state index contributed by atoms with van der Waals surface area (Å²) in [5.41, 5.74) is 5.07. The molecule has 0 saturated heterocycles. The third-order valence-corrected chi connectivity index (χ3v) is 6.94. The van der Waals surface area contributed by atoms with E-state index in [0.29, 0.717) is 6.47 Å². The Labute approximate surface area is 166 Å². The van der Waals surface area contributed by atoms with E-state index in [0.717, 1.165) is 37.5 Å². The largest absolute Gasteiger partial charge is 0.461 e. The molecule has 3 rings (SSSR count). The van der Waals surface area contributed by atoms with Crippen LogP contribution >= 0.6 is 0 Å². The summed E-state index contributed by atoms with van der Waals surface area (Å²) in [6.45, 7) is 5.33. The second-order valence-electron chi connectivity index (χ2n) is 9.59. The van der Waals surface area contributed by atoms with Crippen LogP contribution in [0.15, 0.2) is 18.2 Å². The lowest BCUT2D eigenvalue weighted by Gasteiger charge is -2.13. The van der Waals surface area contributed by atoms with Gasteiger partial charge in [-0.05, 0) is 99.7 Å². The smallest absolute Gasteiger partial charge is 0.293 e. The number of rotatable bonds is 14. The van der Waals surface area contributed by atoms with E-state index in [9.17, 15) is 4.79 Å². The standard InChI is InChI=1S/C25H38O2/c1-21-19-22(9-5-3-4-7-13-24(2)15-16-24)11-12-23(21)10-6-8-14-25(17-18-25)27-20-26/h11-12,19-20H,3-10,13-18H2,1-2H3. The Balaban J connectivity index is 1.29. The fourth-order valence-corrected chi connectivity index (χ4v) is 4.32. The molecule has 2 nitrogen and oxygen atoms in total. The molecule has 0 aromatic heterocycles. The quantitative estimate of drug-likeness (QED) is 0.269. The van der Waals surface area contributed by atoms with Crippen LogP contribution in [0, 0.1) is 12.3 Å². The van der Waals surface area contributed by atoms with Crippen LogP contribution in [0.25, 0.3) is 0 Å². The number of hydrogen-bond donors (Lipinski definition) is 0. The first kappa shape index (κ1) is 20.4. The molecule has 27 heavy (non-hydrogen) atoms. The fraction of sp³-hybridized carbons (Fsp3) is 0.720. The van der Waals surface area contributed by atoms with Gasteiger partial charge >= 0.3 is 0 Å². The van der Waals surface area contributed by atoms with Crippen LogP contribution in [0.4, 0.5) is 0 Å². The van der Waals surface area contributed by atoms with Gasteiger partial charge in [-0.25, -0.2) is 0 Å². The molecule has 1 aromatic rings. The van der Waals surface area contributed by atoms with Crippen LogP contribution in [-0.4, -0.2) is 12.1 Å². The van der Waals surface area contributed by atoms with Crippen molar-refractivity contribution in [2.45, 2.75) is 109 Å². The van der Waals surface area contributed by atoms with E-state index in [4.69, 9.17) is 4.74 Å². The van der Waals surface area contributed by atoms with Crippen LogP contribution in [0.3, 0.4) is 0 Å². The summed E-state index contributed by atoms with van der Waals surface area (Å²) < 4.78 is 5.23. The van der Waals surface area contributed by atoms with Crippen LogP contribution in [0.2, 0.25) is 0 Å². The van der Waals surface area contributed by atoms with Crippen LogP contribution < -0.4 is 0 Å². The highest BCUT2D eigenvalue weighted by molar-refractivity contribution is 5.39. The van der Waals surface area contributed by atoms with E-state index in [1.165, 1.54) is 74.5 Å². The highest BCUT2D eigenvalue weighted by Crippen LogP contribution is 2.49. The minimum Gasteiger partial charge on any atom is -0.461 e. The van der Waals surface area contributed by atoms with E-state index < -0.39 is 0 Å². The van der Waals surface area contributed by atoms with Gasteiger partial charge in [0.1, 0.15) is 5.60 Å². The van der Waals surface area contributed by atoms with Gasteiger partial charge < -0.3 is 4.74 Å². The molecule has 0 bridgehead atoms. The number of carbonyl (C=O) groups is 1. The molecule has 0 radical (unpaired) electrons. The number of hydrogen-bond acceptors (Lipinski definition) is 2. The number of carbonyl (C=O) groups excluding carboxylic acids is 1. The topological polar surface area (TPSA) is 26.3 Å². The SMILES string of the molecule is Cc1cc(CCCCCCC2(C)CC2)ccc1CCCCC1(OC=O)CC1. The van der Waals surface area contributed by atoms with Crippen molar-refractivity contribution in [1.82, 2.24) is 0 Å². The monoisotopic (exact) mass is 370 g/mol. The first-order chi connectivity index (χ1) is 13.0. The van der Waals surface area contributed by atoms with Crippen molar-refractivity contribution >= 4 is 6.47 Å². The Hall–Kier alpha value is -1.31. The maximum absolute atomic E-state index is 10.5. The molecule has 150 valence electrons. The second-order valence-corrected chi connectivity index (χ2v) is 9.59. The molecule has 2 heteroatoms. The van der Waals surface area contributed by atoms with Crippen molar-refractivity contribution in [1.29, 1.82) is 0 Å². The summed E-state index contributed by atoms with van der Waals surface area (Å²) in [5, 5.41) is 0. The van der Waals surface area contributed by atoms with E-state index >= 15 is 0 Å². The Morgan fingerprint density at radius 2 is 1.63 bits per heavy atom. The molecule has 0 unspecified atom stereocenters. The molecule has 2 aliphatic rings. The second kappa shape index (κ2) is 9.26. The molecule has 2 saturated carbocycles. The highest BCUT2D eigenvalue weighted by atomic mass is 16.5. The van der Waals surface area contributed by atoms with Crippen LogP contribution in [0.5, 0.6) is 0 Å². The summed E-state index contributed by atoms with van der Waals surface area (Å²) in [7, 11) is 0. The maximum Gasteiger partial charge on any atom is 0.293 e. The minimum atomic E-state index is -0.0863. The van der Waals surface area contributed by atoms with Gasteiger partial charge in [-0.3, -0.25) is 4.79 Å². The van der Waals surface area contributed by atoms with E-state index in [2.05, 4.69) is 32.0 Å². The molecule has 0 atom stereocenters. The Morgan fingerprint density at radius 3 is 2.30 bits per heavy atom. The van der Waals surface area contributed by atoms with Crippen molar-refractivity contribution in [2.75, 3.05) is 0 Å². The van der Waals surface area contributed by atoms with Gasteiger partial charge in [0.2, 0.25) is 0 Å². The van der Waals surface area contributed by atoms with Gasteiger partial charge in [-0.15, -0.1) is 0 Å². The maximum atomic E-state index is 10.5. The molecule has 1 aromatic carbocycles. The summed E-state index contributed by atoms with van der Waals surface area (Å²) in [5.74, 6) is 0. The lowest BCUT2D eigenvalue weighted by Crippen LogP contribution is -2.12. The molecule has 0 spiro atoms. The lowest BCUT2D eigenvalue weighted by molar-refractivity contribution is -0.135. The van der Waals surface area contributed by atoms with E-state index in [1.54, 1.807) is 0 Å². The zero-order valence-corrected chi connectivity index (χ0v) is 17.5. The van der Waals surface area contributed by atoms with E-state index in [-0.39, 0.29) is 5.60 Å². The third-order valence-electron chi connectivity index (χ3n) is 6.94. The van der Waals surface area contributed by atoms with Gasteiger partial charge in [0.25, 0.3) is 6.47 Å². The average Bonchev–Trinajstić information content (AvgIpc) is 3.56. The molecule has 2 aliphatic carbocycles. The molecular formula is C25H38O2. The fourth-order valence-electron chi connectivity index (χ4n) is 4.32. The van der Waals surface area contributed by atoms with Crippen molar-refractivity contribution < 1.29 is 9.53 Å². The van der Waals surface area contributed by atoms with Gasteiger partial charge in [0.15, 0.2) is 0 Å². The Bertz CT molecular complexity index is 611. The van der Waals surface area contributed by atoms with Crippen molar-refractivity contribution in [3.8, 4) is 0 Å². The van der Waals surface area contributed by atoms with Gasteiger partial charge in [0.05, 0.1) is 0 Å². The Morgan fingerprint density at radius 1 is 0.926 bits per heavy atom. The summed E-state index contributed by atoms with van der Waals surface area (Å²) >= 11 is 0. The number of ether oxygens (including phenoxy) is 1. The highest BCUT2D eigenvalue weighted by Gasteiger charge is 2.44. The molecule has 0 aliphatic heterocycles. The van der Waals surface area contributed by atoms with Gasteiger partial charge in [-0.2, -0.15) is 0 Å². The minimum absolute atomic E-state index is 0.0863. The normalized spacial score (nSPS) is 18.9. The van der Waals surface area contributed by atoms with Crippen LogP contribution in [-0.2, 0) is 22.4 Å². The van der Waals surface area contributed by atoms with Gasteiger partial charge in [0, 0.05) is 0 Å². The molecule has 0 amide bonds. The zero-order valence-electron chi connectivity index (χ0n) is 17.5. The third kappa shape index (κ3) is 6.66. The first-order valence-electron chi connectivity index (χ1n) is 11.2. The molecule has 0 N–H and O–H groups in total. The summed E-state index contributed by atoms with van der Waals surface area (Å²) in [4.78, 5) is 10.5. The van der Waals surface area contributed by atoms with Crippen molar-refractivity contribution in [3.05, 3.63) is 34.9 Å². The predicted octanol–water partition coefficient (Wildman–Crippen LogP) is 6.71. The zero-order chi connectivity index (χ0) is 19.2. The lowest BCUT2D eigenvalue weighted by atomic mass is 9.96. The average molecular weight is 371 g/mol. The van der Waals surface area contributed by atoms with Crippen molar-refractivity contribution in [2.24, 2.45) is 5.41 Å². The first-order valence-corrected chi connectivity index (χ1v) is 11.2. The molecule has 0 heterocycles. The number of unbranched alkanes of at least 4 members (excludes halogenated alkanes) is 4. The predicted molar refractivity (Wildman–Crippen MR) is 112 cm³/mol. The van der Waals surface area contributed by atoms with Crippen LogP contribution in [0.1, 0.15) is 101 Å².